The highest BCUT2D eigenvalue weighted by Gasteiger charge is 2.31. The maximum atomic E-state index is 12.5. The molecule has 0 bridgehead atoms. The van der Waals surface area contributed by atoms with E-state index in [1.54, 1.807) is 32.2 Å². The van der Waals surface area contributed by atoms with E-state index in [0.29, 0.717) is 22.8 Å². The molecule has 7 heteroatoms. The fourth-order valence-corrected chi connectivity index (χ4v) is 3.95. The number of aryl methyl sites for hydroxylation is 1. The molecule has 1 unspecified atom stereocenters. The third-order valence-corrected chi connectivity index (χ3v) is 5.80. The molecule has 0 saturated carbocycles. The number of hydrogen-bond acceptors (Lipinski definition) is 6. The summed E-state index contributed by atoms with van der Waals surface area (Å²) in [5.41, 5.74) is 2.01. The zero-order chi connectivity index (χ0) is 19.9. The van der Waals surface area contributed by atoms with Crippen molar-refractivity contribution in [3.8, 4) is 11.5 Å². The van der Waals surface area contributed by atoms with Gasteiger partial charge < -0.3 is 9.47 Å². The maximum Gasteiger partial charge on any atom is 0.358 e. The second-order valence-corrected chi connectivity index (χ2v) is 8.11. The van der Waals surface area contributed by atoms with Crippen molar-refractivity contribution in [2.24, 2.45) is 5.16 Å². The lowest BCUT2D eigenvalue weighted by Crippen LogP contribution is -2.18. The van der Waals surface area contributed by atoms with Crippen LogP contribution in [0.4, 0.5) is 0 Å². The molecule has 0 spiro atoms. The molecule has 0 N–H and O–H groups in total. The number of nitrogens with zero attached hydrogens (tertiary/aromatic N) is 1. The van der Waals surface area contributed by atoms with E-state index in [2.05, 4.69) is 5.16 Å². The quantitative estimate of drug-likeness (QED) is 0.621. The number of ether oxygens (including phenoxy) is 2. The van der Waals surface area contributed by atoms with Crippen LogP contribution in [0.5, 0.6) is 11.5 Å². The highest BCUT2D eigenvalue weighted by atomic mass is 32.2. The van der Waals surface area contributed by atoms with Crippen LogP contribution in [0.3, 0.4) is 0 Å². The van der Waals surface area contributed by atoms with Crippen molar-refractivity contribution in [1.29, 1.82) is 0 Å². The Morgan fingerprint density at radius 1 is 1.04 bits per heavy atom. The summed E-state index contributed by atoms with van der Waals surface area (Å²) in [6, 6.07) is 15.9. The Morgan fingerprint density at radius 2 is 1.71 bits per heavy atom. The highest BCUT2D eigenvalue weighted by molar-refractivity contribution is 7.86. The van der Waals surface area contributed by atoms with Gasteiger partial charge in [0.25, 0.3) is 0 Å². The second-order valence-electron chi connectivity index (χ2n) is 6.58. The summed E-state index contributed by atoms with van der Waals surface area (Å²) in [5.74, 6) is 1.29. The molecular formula is C21H19NO5S. The average Bonchev–Trinajstić information content (AvgIpc) is 3.01. The fraction of sp³-hybridized carbons (Fsp3) is 0.190. The molecule has 3 aromatic rings. The summed E-state index contributed by atoms with van der Waals surface area (Å²) in [6.07, 6.45) is -0.460. The first kappa shape index (κ1) is 18.3. The first-order valence-corrected chi connectivity index (χ1v) is 10.2. The SMILES string of the molecule is COc1cc2c(c3ccccc13)OC(C)C2=NOS(=O)(=O)c1ccc(C)cc1. The van der Waals surface area contributed by atoms with Gasteiger partial charge in [-0.1, -0.05) is 47.1 Å². The van der Waals surface area contributed by atoms with Crippen LogP contribution in [-0.2, 0) is 14.4 Å². The van der Waals surface area contributed by atoms with Crippen molar-refractivity contribution in [2.75, 3.05) is 7.11 Å². The smallest absolute Gasteiger partial charge is 0.358 e. The molecule has 3 aromatic carbocycles. The standard InChI is InChI=1S/C21H19NO5S/c1-13-8-10-15(11-9-13)28(23,24)27-22-20-14(2)26-21-17-7-5-4-6-16(17)19(25-3)12-18(20)21/h4-12,14H,1-3H3. The first-order chi connectivity index (χ1) is 13.4. The van der Waals surface area contributed by atoms with Crippen molar-refractivity contribution in [1.82, 2.24) is 0 Å². The Bertz CT molecular complexity index is 1180. The molecule has 4 rings (SSSR count). The number of rotatable bonds is 4. The van der Waals surface area contributed by atoms with Gasteiger partial charge in [0.05, 0.1) is 7.11 Å². The molecule has 1 aliphatic rings. The van der Waals surface area contributed by atoms with Crippen molar-refractivity contribution < 1.29 is 22.2 Å². The van der Waals surface area contributed by atoms with Gasteiger partial charge >= 0.3 is 10.1 Å². The van der Waals surface area contributed by atoms with E-state index < -0.39 is 16.2 Å². The number of oxime groups is 1. The van der Waals surface area contributed by atoms with Gasteiger partial charge in [0, 0.05) is 16.3 Å². The van der Waals surface area contributed by atoms with E-state index in [9.17, 15) is 8.42 Å². The Hall–Kier alpha value is -3.06. The third kappa shape index (κ3) is 3.07. The molecule has 28 heavy (non-hydrogen) atoms. The van der Waals surface area contributed by atoms with Crippen LogP contribution in [0.25, 0.3) is 10.8 Å². The summed E-state index contributed by atoms with van der Waals surface area (Å²) in [5, 5.41) is 5.72. The zero-order valence-corrected chi connectivity index (χ0v) is 16.5. The van der Waals surface area contributed by atoms with Crippen LogP contribution in [0, 0.1) is 6.92 Å². The Labute approximate surface area is 163 Å². The summed E-state index contributed by atoms with van der Waals surface area (Å²) in [6.45, 7) is 3.67. The van der Waals surface area contributed by atoms with Crippen molar-refractivity contribution >= 4 is 26.6 Å². The van der Waals surface area contributed by atoms with Crippen molar-refractivity contribution in [3.63, 3.8) is 0 Å². The van der Waals surface area contributed by atoms with E-state index in [1.807, 2.05) is 31.2 Å². The summed E-state index contributed by atoms with van der Waals surface area (Å²) >= 11 is 0. The average molecular weight is 397 g/mol. The molecule has 1 heterocycles. The fourth-order valence-electron chi connectivity index (χ4n) is 3.21. The number of fused-ring (bicyclic) bond motifs is 3. The molecule has 1 aliphatic heterocycles. The van der Waals surface area contributed by atoms with Gasteiger partial charge in [-0.3, -0.25) is 4.28 Å². The summed E-state index contributed by atoms with van der Waals surface area (Å²) in [7, 11) is -2.44. The molecular weight excluding hydrogens is 378 g/mol. The topological polar surface area (TPSA) is 74.2 Å². The molecule has 0 saturated heterocycles. The molecule has 0 aliphatic carbocycles. The molecule has 0 amide bonds. The lowest BCUT2D eigenvalue weighted by molar-refractivity contribution is 0.294. The normalized spacial score (nSPS) is 17.4. The lowest BCUT2D eigenvalue weighted by atomic mass is 10.0. The van der Waals surface area contributed by atoms with E-state index in [4.69, 9.17) is 13.8 Å². The minimum atomic E-state index is -4.02. The van der Waals surface area contributed by atoms with E-state index in [0.717, 1.165) is 16.3 Å². The monoisotopic (exact) mass is 397 g/mol. The minimum Gasteiger partial charge on any atom is -0.496 e. The van der Waals surface area contributed by atoms with Crippen LogP contribution in [0.15, 0.2) is 64.6 Å². The Kier molecular flexibility index (Phi) is 4.47. The molecule has 144 valence electrons. The number of benzene rings is 3. The predicted molar refractivity (Wildman–Crippen MR) is 107 cm³/mol. The van der Waals surface area contributed by atoms with Crippen molar-refractivity contribution in [3.05, 3.63) is 65.7 Å². The largest absolute Gasteiger partial charge is 0.496 e. The third-order valence-electron chi connectivity index (χ3n) is 4.68. The van der Waals surface area contributed by atoms with E-state index in [1.165, 1.54) is 12.1 Å². The first-order valence-electron chi connectivity index (χ1n) is 8.75. The van der Waals surface area contributed by atoms with Crippen molar-refractivity contribution in [2.45, 2.75) is 24.8 Å². The van der Waals surface area contributed by atoms with E-state index in [-0.39, 0.29) is 4.90 Å². The van der Waals surface area contributed by atoms with Gasteiger partial charge in [0.2, 0.25) is 0 Å². The number of hydrogen-bond donors (Lipinski definition) is 0. The van der Waals surface area contributed by atoms with Crippen LogP contribution in [0.2, 0.25) is 0 Å². The van der Waals surface area contributed by atoms with Gasteiger partial charge in [0.1, 0.15) is 28.2 Å². The summed E-state index contributed by atoms with van der Waals surface area (Å²) < 4.78 is 41.4. The van der Waals surface area contributed by atoms with Crippen LogP contribution >= 0.6 is 0 Å². The van der Waals surface area contributed by atoms with Gasteiger partial charge in [-0.2, -0.15) is 8.42 Å². The van der Waals surface area contributed by atoms with Crippen LogP contribution in [-0.4, -0.2) is 27.3 Å². The van der Waals surface area contributed by atoms with Gasteiger partial charge in [-0.15, -0.1) is 0 Å². The van der Waals surface area contributed by atoms with Gasteiger partial charge in [0.15, 0.2) is 0 Å². The molecule has 0 fully saturated rings. The Balaban J connectivity index is 1.76. The minimum absolute atomic E-state index is 0.0466. The van der Waals surface area contributed by atoms with E-state index >= 15 is 0 Å². The molecule has 0 radical (unpaired) electrons. The second kappa shape index (κ2) is 6.83. The molecule has 0 aromatic heterocycles. The van der Waals surface area contributed by atoms with Gasteiger partial charge in [-0.05, 0) is 32.0 Å². The van der Waals surface area contributed by atoms with Gasteiger partial charge in [-0.25, -0.2) is 0 Å². The predicted octanol–water partition coefficient (Wildman–Crippen LogP) is 4.05. The number of methoxy groups -OCH3 is 1. The summed E-state index contributed by atoms with van der Waals surface area (Å²) in [4.78, 5) is 0.0466. The van der Waals surface area contributed by atoms with Crippen LogP contribution in [0.1, 0.15) is 18.1 Å². The zero-order valence-electron chi connectivity index (χ0n) is 15.7. The molecule has 1 atom stereocenters. The lowest BCUT2D eigenvalue weighted by Gasteiger charge is -2.09. The Morgan fingerprint density at radius 3 is 2.39 bits per heavy atom. The maximum absolute atomic E-state index is 12.5. The van der Waals surface area contributed by atoms with Crippen LogP contribution < -0.4 is 9.47 Å². The molecule has 6 nitrogen and oxygen atoms in total. The highest BCUT2D eigenvalue weighted by Crippen LogP contribution is 2.41.